The zero-order valence-electron chi connectivity index (χ0n) is 7.20. The van der Waals surface area contributed by atoms with E-state index in [1.807, 2.05) is 0 Å². The lowest BCUT2D eigenvalue weighted by atomic mass is 10.1. The lowest BCUT2D eigenvalue weighted by molar-refractivity contribution is 0.0836. The van der Waals surface area contributed by atoms with Crippen LogP contribution in [0.4, 0.5) is 4.39 Å². The highest BCUT2D eigenvalue weighted by Crippen LogP contribution is 2.17. The first kappa shape index (κ1) is 8.62. The Morgan fingerprint density at radius 1 is 1.36 bits per heavy atom. The number of hydrogen-bond acceptors (Lipinski definition) is 2. The molecule has 1 aromatic carbocycles. The first-order valence-electron chi connectivity index (χ1n) is 4.07. The molecule has 70 valence electrons. The van der Waals surface area contributed by atoms with Gasteiger partial charge in [-0.05, 0) is 18.2 Å². The molecular weight excluding hydrogens is 183 g/mol. The van der Waals surface area contributed by atoms with Crippen LogP contribution in [0.3, 0.4) is 0 Å². The SMILES string of the molecule is O=C(F)c1cccc(-c2ccn[nH]2)c1. The summed E-state index contributed by atoms with van der Waals surface area (Å²) in [4.78, 5) is 10.5. The lowest BCUT2D eigenvalue weighted by Crippen LogP contribution is -1.90. The molecular formula is C10H7FN2O. The molecule has 0 bridgehead atoms. The van der Waals surface area contributed by atoms with Crippen LogP contribution in [0.25, 0.3) is 11.3 Å². The zero-order valence-corrected chi connectivity index (χ0v) is 7.20. The van der Waals surface area contributed by atoms with Gasteiger partial charge < -0.3 is 0 Å². The highest BCUT2D eigenvalue weighted by molar-refractivity contribution is 5.89. The Hall–Kier alpha value is -1.97. The molecule has 3 nitrogen and oxygen atoms in total. The van der Waals surface area contributed by atoms with Crippen molar-refractivity contribution in [3.05, 3.63) is 42.1 Å². The van der Waals surface area contributed by atoms with Crippen molar-refractivity contribution >= 4 is 6.04 Å². The Kier molecular flexibility index (Phi) is 2.10. The summed E-state index contributed by atoms with van der Waals surface area (Å²) < 4.78 is 12.4. The van der Waals surface area contributed by atoms with Gasteiger partial charge in [0.1, 0.15) is 0 Å². The van der Waals surface area contributed by atoms with E-state index in [4.69, 9.17) is 0 Å². The molecule has 14 heavy (non-hydrogen) atoms. The summed E-state index contributed by atoms with van der Waals surface area (Å²) >= 11 is 0. The Bertz CT molecular complexity index is 451. The number of rotatable bonds is 2. The van der Waals surface area contributed by atoms with E-state index in [2.05, 4.69) is 10.2 Å². The largest absolute Gasteiger partial charge is 0.332 e. The summed E-state index contributed by atoms with van der Waals surface area (Å²) in [5.41, 5.74) is 1.55. The average molecular weight is 190 g/mol. The minimum absolute atomic E-state index is 0.0529. The van der Waals surface area contributed by atoms with Gasteiger partial charge in [0, 0.05) is 11.8 Å². The number of nitrogens with zero attached hydrogens (tertiary/aromatic N) is 1. The summed E-state index contributed by atoms with van der Waals surface area (Å²) in [6, 6.07) is 6.65. The van der Waals surface area contributed by atoms with Gasteiger partial charge in [-0.3, -0.25) is 9.89 Å². The van der Waals surface area contributed by atoms with E-state index in [0.29, 0.717) is 0 Å². The van der Waals surface area contributed by atoms with E-state index in [1.54, 1.807) is 24.4 Å². The predicted octanol–water partition coefficient (Wildman–Crippen LogP) is 2.19. The van der Waals surface area contributed by atoms with Gasteiger partial charge in [0.05, 0.1) is 11.3 Å². The summed E-state index contributed by atoms with van der Waals surface area (Å²) in [5.74, 6) is 0. The summed E-state index contributed by atoms with van der Waals surface area (Å²) in [5, 5.41) is 6.51. The van der Waals surface area contributed by atoms with Crippen LogP contribution in [0.1, 0.15) is 10.4 Å². The van der Waals surface area contributed by atoms with E-state index in [9.17, 15) is 9.18 Å². The fourth-order valence-corrected chi connectivity index (χ4v) is 1.23. The van der Waals surface area contributed by atoms with Crippen LogP contribution >= 0.6 is 0 Å². The van der Waals surface area contributed by atoms with Gasteiger partial charge in [-0.1, -0.05) is 12.1 Å². The number of carbonyl (C=O) groups is 1. The molecule has 0 saturated carbocycles. The summed E-state index contributed by atoms with van der Waals surface area (Å²) in [7, 11) is 0. The van der Waals surface area contributed by atoms with Crippen LogP contribution in [0.15, 0.2) is 36.5 Å². The number of hydrogen-bond donors (Lipinski definition) is 1. The molecule has 0 amide bonds. The second kappa shape index (κ2) is 3.41. The Labute approximate surface area is 79.6 Å². The van der Waals surface area contributed by atoms with Crippen molar-refractivity contribution < 1.29 is 9.18 Å². The van der Waals surface area contributed by atoms with Gasteiger partial charge in [0.2, 0.25) is 0 Å². The van der Waals surface area contributed by atoms with E-state index in [-0.39, 0.29) is 5.56 Å². The molecule has 0 atom stereocenters. The Balaban J connectivity index is 2.46. The first-order chi connectivity index (χ1) is 6.77. The van der Waals surface area contributed by atoms with Crippen LogP contribution < -0.4 is 0 Å². The Morgan fingerprint density at radius 2 is 2.21 bits per heavy atom. The van der Waals surface area contributed by atoms with Crippen LogP contribution in [-0.2, 0) is 0 Å². The molecule has 2 aromatic rings. The quantitative estimate of drug-likeness (QED) is 0.738. The van der Waals surface area contributed by atoms with E-state index in [1.165, 1.54) is 12.1 Å². The molecule has 4 heteroatoms. The predicted molar refractivity (Wildman–Crippen MR) is 49.5 cm³/mol. The van der Waals surface area contributed by atoms with Crippen molar-refractivity contribution in [2.75, 3.05) is 0 Å². The number of H-pyrrole nitrogens is 1. The third-order valence-electron chi connectivity index (χ3n) is 1.90. The molecule has 0 unspecified atom stereocenters. The molecule has 2 rings (SSSR count). The minimum Gasteiger partial charge on any atom is -0.278 e. The van der Waals surface area contributed by atoms with Gasteiger partial charge in [-0.15, -0.1) is 0 Å². The van der Waals surface area contributed by atoms with E-state index in [0.717, 1.165) is 11.3 Å². The van der Waals surface area contributed by atoms with Crippen LogP contribution in [0, 0.1) is 0 Å². The Morgan fingerprint density at radius 3 is 2.86 bits per heavy atom. The first-order valence-corrected chi connectivity index (χ1v) is 4.07. The zero-order chi connectivity index (χ0) is 9.97. The van der Waals surface area contributed by atoms with E-state index < -0.39 is 6.04 Å². The van der Waals surface area contributed by atoms with E-state index >= 15 is 0 Å². The number of carbonyl (C=O) groups excluding carboxylic acids is 1. The smallest absolute Gasteiger partial charge is 0.278 e. The molecule has 0 aliphatic rings. The van der Waals surface area contributed by atoms with Crippen molar-refractivity contribution in [3.63, 3.8) is 0 Å². The van der Waals surface area contributed by atoms with Crippen LogP contribution in [0.2, 0.25) is 0 Å². The third kappa shape index (κ3) is 1.54. The van der Waals surface area contributed by atoms with Crippen LogP contribution in [0.5, 0.6) is 0 Å². The third-order valence-corrected chi connectivity index (χ3v) is 1.90. The standard InChI is InChI=1S/C10H7FN2O/c11-10(14)8-3-1-2-7(6-8)9-4-5-12-13-9/h1-6H,(H,12,13). The molecule has 0 aliphatic carbocycles. The molecule has 0 spiro atoms. The van der Waals surface area contributed by atoms with Gasteiger partial charge in [-0.2, -0.15) is 9.49 Å². The summed E-state index contributed by atoms with van der Waals surface area (Å²) in [6.45, 7) is 0. The topological polar surface area (TPSA) is 45.8 Å². The maximum atomic E-state index is 12.4. The second-order valence-corrected chi connectivity index (χ2v) is 2.82. The molecule has 0 radical (unpaired) electrons. The number of aromatic nitrogens is 2. The van der Waals surface area contributed by atoms with Crippen LogP contribution in [-0.4, -0.2) is 16.2 Å². The molecule has 1 aromatic heterocycles. The number of nitrogens with one attached hydrogen (secondary N) is 1. The van der Waals surface area contributed by atoms with Crippen molar-refractivity contribution in [1.29, 1.82) is 0 Å². The fraction of sp³-hybridized carbons (Fsp3) is 0. The maximum absolute atomic E-state index is 12.4. The minimum atomic E-state index is -1.42. The fourth-order valence-electron chi connectivity index (χ4n) is 1.23. The second-order valence-electron chi connectivity index (χ2n) is 2.82. The molecule has 1 N–H and O–H groups in total. The van der Waals surface area contributed by atoms with Gasteiger partial charge in [0.25, 0.3) is 0 Å². The van der Waals surface area contributed by atoms with Crippen molar-refractivity contribution in [1.82, 2.24) is 10.2 Å². The summed E-state index contributed by atoms with van der Waals surface area (Å²) in [6.07, 6.45) is 1.60. The molecule has 0 aliphatic heterocycles. The normalized spacial score (nSPS) is 10.1. The monoisotopic (exact) mass is 190 g/mol. The molecule has 1 heterocycles. The highest BCUT2D eigenvalue weighted by atomic mass is 19.1. The van der Waals surface area contributed by atoms with Crippen molar-refractivity contribution in [2.24, 2.45) is 0 Å². The van der Waals surface area contributed by atoms with Crippen molar-refractivity contribution in [2.45, 2.75) is 0 Å². The highest BCUT2D eigenvalue weighted by Gasteiger charge is 2.05. The molecule has 0 saturated heterocycles. The number of halogens is 1. The number of benzene rings is 1. The van der Waals surface area contributed by atoms with Crippen molar-refractivity contribution in [3.8, 4) is 11.3 Å². The maximum Gasteiger partial charge on any atom is 0.332 e. The van der Waals surface area contributed by atoms with Gasteiger partial charge in [0.15, 0.2) is 0 Å². The lowest BCUT2D eigenvalue weighted by Gasteiger charge is -1.98. The van der Waals surface area contributed by atoms with Gasteiger partial charge >= 0.3 is 6.04 Å². The number of aromatic amines is 1. The average Bonchev–Trinajstić information content (AvgIpc) is 2.71. The molecule has 0 fully saturated rings. The van der Waals surface area contributed by atoms with Gasteiger partial charge in [-0.25, -0.2) is 0 Å².